The number of hydrogen-bond donors (Lipinski definition) is 1. The van der Waals surface area contributed by atoms with E-state index in [9.17, 15) is 9.90 Å². The van der Waals surface area contributed by atoms with Gasteiger partial charge in [-0.25, -0.2) is 4.79 Å². The van der Waals surface area contributed by atoms with Gasteiger partial charge in [0.15, 0.2) is 0 Å². The van der Waals surface area contributed by atoms with E-state index in [0.717, 1.165) is 5.56 Å². The Morgan fingerprint density at radius 1 is 0.931 bits per heavy atom. The maximum atomic E-state index is 12.8. The maximum absolute atomic E-state index is 12.8. The molecule has 1 unspecified atom stereocenters. The highest BCUT2D eigenvalue weighted by molar-refractivity contribution is 5.79. The van der Waals surface area contributed by atoms with Crippen molar-refractivity contribution in [3.63, 3.8) is 0 Å². The van der Waals surface area contributed by atoms with Crippen LogP contribution in [-0.2, 0) is 4.74 Å². The average Bonchev–Trinajstić information content (AvgIpc) is 3.10. The molecule has 3 aromatic carbocycles. The lowest BCUT2D eigenvalue weighted by atomic mass is 9.98. The Morgan fingerprint density at radius 2 is 1.48 bits per heavy atom. The summed E-state index contributed by atoms with van der Waals surface area (Å²) in [4.78, 5) is 14.4. The SMILES string of the molecule is CN(C(=O)OCC1c2ccccc2-c2ccccc21)C(CCO)c1ccccc1. The second kappa shape index (κ2) is 8.50. The first-order valence-electron chi connectivity index (χ1n) is 9.94. The normalized spacial score (nSPS) is 13.4. The van der Waals surface area contributed by atoms with Crippen molar-refractivity contribution < 1.29 is 14.6 Å². The van der Waals surface area contributed by atoms with Crippen LogP contribution in [0.5, 0.6) is 0 Å². The Kier molecular flexibility index (Phi) is 5.63. The molecule has 1 aliphatic carbocycles. The van der Waals surface area contributed by atoms with Gasteiger partial charge in [-0.2, -0.15) is 0 Å². The van der Waals surface area contributed by atoms with E-state index >= 15 is 0 Å². The number of aliphatic hydroxyl groups is 1. The van der Waals surface area contributed by atoms with E-state index in [4.69, 9.17) is 4.74 Å². The van der Waals surface area contributed by atoms with Crippen LogP contribution in [-0.4, -0.2) is 36.4 Å². The third-order valence-corrected chi connectivity index (χ3v) is 5.68. The average molecular weight is 387 g/mol. The molecule has 4 heteroatoms. The zero-order chi connectivity index (χ0) is 20.2. The number of rotatable bonds is 6. The Morgan fingerprint density at radius 3 is 2.07 bits per heavy atom. The van der Waals surface area contributed by atoms with Gasteiger partial charge in [0, 0.05) is 19.6 Å². The summed E-state index contributed by atoms with van der Waals surface area (Å²) in [5.41, 5.74) is 5.79. The van der Waals surface area contributed by atoms with Crippen LogP contribution in [0.25, 0.3) is 11.1 Å². The number of hydrogen-bond acceptors (Lipinski definition) is 3. The van der Waals surface area contributed by atoms with E-state index < -0.39 is 0 Å². The van der Waals surface area contributed by atoms with Crippen molar-refractivity contribution in [3.05, 3.63) is 95.6 Å². The minimum atomic E-state index is -0.380. The lowest BCUT2D eigenvalue weighted by Crippen LogP contribution is -2.33. The molecular formula is C25H25NO3. The summed E-state index contributed by atoms with van der Waals surface area (Å²) < 4.78 is 5.76. The first-order valence-corrected chi connectivity index (χ1v) is 9.94. The van der Waals surface area contributed by atoms with Crippen LogP contribution in [0, 0.1) is 0 Å². The summed E-state index contributed by atoms with van der Waals surface area (Å²) in [7, 11) is 1.73. The zero-order valence-corrected chi connectivity index (χ0v) is 16.5. The number of carbonyl (C=O) groups is 1. The van der Waals surface area contributed by atoms with Gasteiger partial charge in [0.1, 0.15) is 6.61 Å². The number of fused-ring (bicyclic) bond motifs is 3. The van der Waals surface area contributed by atoms with Crippen molar-refractivity contribution in [2.75, 3.05) is 20.3 Å². The van der Waals surface area contributed by atoms with E-state index in [-0.39, 0.29) is 31.3 Å². The molecule has 1 amide bonds. The van der Waals surface area contributed by atoms with Gasteiger partial charge < -0.3 is 14.7 Å². The molecule has 0 spiro atoms. The Bertz CT molecular complexity index is 941. The van der Waals surface area contributed by atoms with Crippen molar-refractivity contribution in [2.24, 2.45) is 0 Å². The van der Waals surface area contributed by atoms with Crippen molar-refractivity contribution in [3.8, 4) is 11.1 Å². The van der Waals surface area contributed by atoms with Gasteiger partial charge in [0.25, 0.3) is 0 Å². The van der Waals surface area contributed by atoms with E-state index in [1.54, 1.807) is 11.9 Å². The second-order valence-electron chi connectivity index (χ2n) is 7.35. The molecule has 148 valence electrons. The fourth-order valence-electron chi connectivity index (χ4n) is 4.20. The molecule has 0 fully saturated rings. The van der Waals surface area contributed by atoms with Gasteiger partial charge in [-0.3, -0.25) is 0 Å². The van der Waals surface area contributed by atoms with Gasteiger partial charge >= 0.3 is 6.09 Å². The molecule has 0 saturated heterocycles. The molecule has 1 atom stereocenters. The molecule has 0 aromatic heterocycles. The molecule has 4 rings (SSSR count). The summed E-state index contributed by atoms with van der Waals surface area (Å²) in [6.45, 7) is 0.290. The molecule has 0 radical (unpaired) electrons. The third-order valence-electron chi connectivity index (χ3n) is 5.68. The van der Waals surface area contributed by atoms with Crippen LogP contribution in [0.1, 0.15) is 35.1 Å². The second-order valence-corrected chi connectivity index (χ2v) is 7.35. The first-order chi connectivity index (χ1) is 14.2. The predicted molar refractivity (Wildman–Crippen MR) is 114 cm³/mol. The fourth-order valence-corrected chi connectivity index (χ4v) is 4.20. The lowest BCUT2D eigenvalue weighted by Gasteiger charge is -2.28. The molecule has 0 heterocycles. The lowest BCUT2D eigenvalue weighted by molar-refractivity contribution is 0.0885. The summed E-state index contributed by atoms with van der Waals surface area (Å²) in [6.07, 6.45) is 0.0826. The topological polar surface area (TPSA) is 49.8 Å². The highest BCUT2D eigenvalue weighted by atomic mass is 16.6. The molecule has 1 N–H and O–H groups in total. The number of benzene rings is 3. The number of amides is 1. The molecule has 3 aromatic rings. The summed E-state index contributed by atoms with van der Waals surface area (Å²) in [6, 6.07) is 26.1. The van der Waals surface area contributed by atoms with Crippen molar-refractivity contribution in [1.82, 2.24) is 4.90 Å². The van der Waals surface area contributed by atoms with Crippen LogP contribution in [0.3, 0.4) is 0 Å². The molecule has 0 aliphatic heterocycles. The minimum absolute atomic E-state index is 0.000552. The molecule has 0 bridgehead atoms. The van der Waals surface area contributed by atoms with Gasteiger partial charge in [-0.05, 0) is 34.2 Å². The molecule has 4 nitrogen and oxygen atoms in total. The Balaban J connectivity index is 1.51. The number of ether oxygens (including phenoxy) is 1. The van der Waals surface area contributed by atoms with Crippen molar-refractivity contribution in [2.45, 2.75) is 18.4 Å². The Labute approximate surface area is 171 Å². The van der Waals surface area contributed by atoms with E-state index in [2.05, 4.69) is 24.3 Å². The van der Waals surface area contributed by atoms with Gasteiger partial charge in [-0.1, -0.05) is 78.9 Å². The Hall–Kier alpha value is -3.11. The molecular weight excluding hydrogens is 362 g/mol. The van der Waals surface area contributed by atoms with Crippen LogP contribution in [0.2, 0.25) is 0 Å². The number of nitrogens with zero attached hydrogens (tertiary/aromatic N) is 1. The number of carbonyl (C=O) groups excluding carboxylic acids is 1. The maximum Gasteiger partial charge on any atom is 0.410 e. The standard InChI is InChI=1S/C25H25NO3/c1-26(24(15-16-27)18-9-3-2-4-10-18)25(28)29-17-23-21-13-7-5-11-19(21)20-12-6-8-14-22(20)23/h2-14,23-24,27H,15-17H2,1H3. The van der Waals surface area contributed by atoms with Crippen molar-refractivity contribution in [1.29, 1.82) is 0 Å². The minimum Gasteiger partial charge on any atom is -0.448 e. The van der Waals surface area contributed by atoms with Crippen LogP contribution >= 0.6 is 0 Å². The van der Waals surface area contributed by atoms with Crippen molar-refractivity contribution >= 4 is 6.09 Å². The summed E-state index contributed by atoms with van der Waals surface area (Å²) in [5, 5.41) is 9.47. The van der Waals surface area contributed by atoms with Crippen LogP contribution < -0.4 is 0 Å². The molecule has 1 aliphatic rings. The number of aliphatic hydroxyl groups excluding tert-OH is 1. The summed E-state index contributed by atoms with van der Waals surface area (Å²) >= 11 is 0. The molecule has 0 saturated carbocycles. The van der Waals surface area contributed by atoms with E-state index in [1.807, 2.05) is 54.6 Å². The van der Waals surface area contributed by atoms with Crippen LogP contribution in [0.4, 0.5) is 4.79 Å². The van der Waals surface area contributed by atoms with E-state index in [0.29, 0.717) is 6.42 Å². The highest BCUT2D eigenvalue weighted by Gasteiger charge is 2.30. The third kappa shape index (κ3) is 3.76. The smallest absolute Gasteiger partial charge is 0.410 e. The quantitative estimate of drug-likeness (QED) is 0.648. The molecule has 29 heavy (non-hydrogen) atoms. The predicted octanol–water partition coefficient (Wildman–Crippen LogP) is 4.99. The van der Waals surface area contributed by atoms with Gasteiger partial charge in [0.2, 0.25) is 0 Å². The fraction of sp³-hybridized carbons (Fsp3) is 0.240. The van der Waals surface area contributed by atoms with Gasteiger partial charge in [-0.15, -0.1) is 0 Å². The van der Waals surface area contributed by atoms with Crippen LogP contribution in [0.15, 0.2) is 78.9 Å². The first kappa shape index (κ1) is 19.2. The largest absolute Gasteiger partial charge is 0.448 e. The van der Waals surface area contributed by atoms with E-state index in [1.165, 1.54) is 22.3 Å². The summed E-state index contributed by atoms with van der Waals surface area (Å²) in [5.74, 6) is 0.0350. The highest BCUT2D eigenvalue weighted by Crippen LogP contribution is 2.44. The zero-order valence-electron chi connectivity index (χ0n) is 16.5. The monoisotopic (exact) mass is 387 g/mol. The van der Waals surface area contributed by atoms with Gasteiger partial charge in [0.05, 0.1) is 6.04 Å².